The van der Waals surface area contributed by atoms with Crippen LogP contribution in [0.1, 0.15) is 46.5 Å². The minimum Gasteiger partial charge on any atom is -0.444 e. The normalized spacial score (nSPS) is 25.8. The van der Waals surface area contributed by atoms with Crippen LogP contribution in [0.15, 0.2) is 29.2 Å². The quantitative estimate of drug-likeness (QED) is 0.708. The van der Waals surface area contributed by atoms with E-state index >= 15 is 0 Å². The summed E-state index contributed by atoms with van der Waals surface area (Å²) in [6.45, 7) is 13.0. The largest absolute Gasteiger partial charge is 0.444 e. The first kappa shape index (κ1) is 22.2. The molecule has 1 aliphatic carbocycles. The molecule has 2 saturated heterocycles. The highest BCUT2D eigenvalue weighted by Crippen LogP contribution is 2.46. The molecule has 1 unspecified atom stereocenters. The van der Waals surface area contributed by atoms with E-state index in [1.54, 1.807) is 12.1 Å². The average molecular weight is 441 g/mol. The summed E-state index contributed by atoms with van der Waals surface area (Å²) in [5, 5.41) is 14.1. The van der Waals surface area contributed by atoms with Gasteiger partial charge >= 0.3 is 6.09 Å². The van der Waals surface area contributed by atoms with Gasteiger partial charge in [0.15, 0.2) is 0 Å². The van der Waals surface area contributed by atoms with Crippen LogP contribution in [0.25, 0.3) is 15.9 Å². The van der Waals surface area contributed by atoms with Gasteiger partial charge in [0, 0.05) is 12.3 Å². The Morgan fingerprint density at radius 2 is 2.09 bits per heavy atom. The number of nitrogens with zero attached hydrogens (tertiary/aromatic N) is 3. The number of ether oxygens (including phenoxy) is 2. The fourth-order valence-electron chi connectivity index (χ4n) is 4.58. The third-order valence-electron chi connectivity index (χ3n) is 6.37. The van der Waals surface area contributed by atoms with Crippen LogP contribution in [0.3, 0.4) is 0 Å². The Morgan fingerprint density at radius 1 is 1.38 bits per heavy atom. The molecule has 170 valence electrons. The van der Waals surface area contributed by atoms with Crippen molar-refractivity contribution < 1.29 is 19.4 Å². The Hall–Kier alpha value is -2.96. The number of hydrogen-bond donors (Lipinski definition) is 2. The summed E-state index contributed by atoms with van der Waals surface area (Å²) in [6, 6.07) is 4.63. The molecule has 2 aromatic heterocycles. The Bertz CT molecular complexity index is 1120. The monoisotopic (exact) mass is 440 g/mol. The number of aliphatic hydroxyl groups excluding tert-OH is 1. The Kier molecular flexibility index (Phi) is 5.47. The van der Waals surface area contributed by atoms with Crippen LogP contribution in [0.5, 0.6) is 0 Å². The number of hydrogen-bond acceptors (Lipinski definition) is 6. The van der Waals surface area contributed by atoms with Crippen molar-refractivity contribution in [2.45, 2.75) is 75.8 Å². The molecule has 2 N–H and O–H groups in total. The molecule has 3 aliphatic rings. The van der Waals surface area contributed by atoms with Gasteiger partial charge in [-0.05, 0) is 58.6 Å². The highest BCUT2D eigenvalue weighted by atomic mass is 16.6. The summed E-state index contributed by atoms with van der Waals surface area (Å²) >= 11 is 0. The molecule has 0 spiro atoms. The van der Waals surface area contributed by atoms with Crippen molar-refractivity contribution in [2.24, 2.45) is 0 Å². The lowest BCUT2D eigenvalue weighted by Crippen LogP contribution is -2.66. The van der Waals surface area contributed by atoms with E-state index in [1.807, 2.05) is 20.8 Å². The Morgan fingerprint density at radius 3 is 2.69 bits per heavy atom. The van der Waals surface area contributed by atoms with Crippen LogP contribution in [0.4, 0.5) is 10.5 Å². The maximum absolute atomic E-state index is 12.6. The van der Waals surface area contributed by atoms with E-state index in [0.717, 1.165) is 0 Å². The zero-order valence-corrected chi connectivity index (χ0v) is 18.6. The zero-order chi connectivity index (χ0) is 23.1. The maximum Gasteiger partial charge on any atom is 0.408 e. The topological polar surface area (TPSA) is 107 Å². The number of aliphatic hydroxyl groups is 1. The first-order valence-corrected chi connectivity index (χ1v) is 10.8. The minimum absolute atomic E-state index is 0.0335. The summed E-state index contributed by atoms with van der Waals surface area (Å²) in [5.74, 6) is 0. The van der Waals surface area contributed by atoms with Crippen molar-refractivity contribution in [1.82, 2.24) is 14.9 Å². The molecule has 4 heterocycles. The fraction of sp³-hybridized carbons (Fsp3) is 0.565. The molecule has 2 aliphatic heterocycles. The molecule has 1 saturated carbocycles. The second-order valence-electron chi connectivity index (χ2n) is 9.77. The number of rotatable bonds is 4. The molecular formula is C23H28N4O5. The van der Waals surface area contributed by atoms with E-state index in [9.17, 15) is 14.7 Å². The van der Waals surface area contributed by atoms with Gasteiger partial charge in [-0.2, -0.15) is 0 Å². The van der Waals surface area contributed by atoms with Crippen LogP contribution in [-0.4, -0.2) is 50.2 Å². The molecule has 1 atom stereocenters. The summed E-state index contributed by atoms with van der Waals surface area (Å²) < 4.78 is 13.0. The Labute approximate surface area is 186 Å². The first-order chi connectivity index (χ1) is 15.0. The van der Waals surface area contributed by atoms with Gasteiger partial charge in [-0.1, -0.05) is 0 Å². The van der Waals surface area contributed by atoms with Gasteiger partial charge in [-0.3, -0.25) is 9.78 Å². The van der Waals surface area contributed by atoms with E-state index in [0.29, 0.717) is 42.4 Å². The summed E-state index contributed by atoms with van der Waals surface area (Å²) in [7, 11) is 0. The molecule has 0 radical (unpaired) electrons. The molecule has 2 bridgehead atoms. The number of nitrogens with one attached hydrogen (secondary N) is 1. The summed E-state index contributed by atoms with van der Waals surface area (Å²) in [5.41, 5.74) is -0.736. The number of carbonyl (C=O) groups excluding carboxylic acids is 1. The molecule has 9 heteroatoms. The van der Waals surface area contributed by atoms with Crippen LogP contribution >= 0.6 is 0 Å². The third-order valence-corrected chi connectivity index (χ3v) is 6.37. The van der Waals surface area contributed by atoms with Gasteiger partial charge in [-0.15, -0.1) is 0 Å². The van der Waals surface area contributed by atoms with Gasteiger partial charge in [-0.25, -0.2) is 9.64 Å². The van der Waals surface area contributed by atoms with E-state index in [-0.39, 0.29) is 18.7 Å². The number of alkyl carbamates (subject to hydrolysis) is 1. The van der Waals surface area contributed by atoms with Crippen molar-refractivity contribution in [2.75, 3.05) is 6.61 Å². The molecule has 1 amide bonds. The van der Waals surface area contributed by atoms with Crippen LogP contribution < -0.4 is 10.9 Å². The van der Waals surface area contributed by atoms with Crippen molar-refractivity contribution in [3.05, 3.63) is 46.2 Å². The predicted molar refractivity (Wildman–Crippen MR) is 118 cm³/mol. The lowest BCUT2D eigenvalue weighted by Gasteiger charge is -2.54. The highest BCUT2D eigenvalue weighted by Gasteiger charge is 2.54. The number of carbonyl (C=O) groups is 1. The van der Waals surface area contributed by atoms with E-state index < -0.39 is 28.9 Å². The van der Waals surface area contributed by atoms with E-state index in [4.69, 9.17) is 16.0 Å². The summed E-state index contributed by atoms with van der Waals surface area (Å²) in [6.07, 6.45) is 2.46. The van der Waals surface area contributed by atoms with Crippen molar-refractivity contribution in [3.63, 3.8) is 0 Å². The van der Waals surface area contributed by atoms with Gasteiger partial charge < -0.3 is 24.5 Å². The van der Waals surface area contributed by atoms with E-state index in [1.165, 1.54) is 16.8 Å². The number of aromatic nitrogens is 2. The molecule has 0 aromatic carbocycles. The molecule has 5 rings (SSSR count). The van der Waals surface area contributed by atoms with Crippen LogP contribution in [0, 0.1) is 6.57 Å². The molecule has 3 fully saturated rings. The fourth-order valence-corrected chi connectivity index (χ4v) is 4.58. The molecule has 9 nitrogen and oxygen atoms in total. The van der Waals surface area contributed by atoms with Gasteiger partial charge in [0.05, 0.1) is 41.9 Å². The number of fused-ring (bicyclic) bond motifs is 4. The lowest BCUT2D eigenvalue weighted by atomic mass is 9.69. The second-order valence-corrected chi connectivity index (χ2v) is 9.77. The average Bonchev–Trinajstić information content (AvgIpc) is 2.75. The van der Waals surface area contributed by atoms with Gasteiger partial charge in [0.1, 0.15) is 11.7 Å². The molecule has 2 aromatic rings. The third kappa shape index (κ3) is 4.20. The Balaban J connectivity index is 1.50. The lowest BCUT2D eigenvalue weighted by molar-refractivity contribution is -0.209. The molecule has 32 heavy (non-hydrogen) atoms. The smallest absolute Gasteiger partial charge is 0.408 e. The first-order valence-electron chi connectivity index (χ1n) is 10.8. The van der Waals surface area contributed by atoms with Crippen molar-refractivity contribution in [1.29, 1.82) is 0 Å². The number of pyridine rings is 2. The second kappa shape index (κ2) is 7.87. The standard InChI is InChI=1S/C23H28N4O5/c1-21(2,3)32-20(30)26-22-7-9-23(10-8-22,31-14-22)18(28)13-27-17-11-15(24-4)12-25-16(17)5-6-19(27)29/h5-6,11-12,18,28H,7-10,13-14H2,1-3H3,(H,26,30). The zero-order valence-electron chi connectivity index (χ0n) is 18.6. The van der Waals surface area contributed by atoms with Crippen LogP contribution in [-0.2, 0) is 16.0 Å². The minimum atomic E-state index is -0.928. The van der Waals surface area contributed by atoms with Crippen LogP contribution in [0.2, 0.25) is 0 Å². The van der Waals surface area contributed by atoms with Crippen molar-refractivity contribution >= 4 is 22.8 Å². The van der Waals surface area contributed by atoms with Crippen molar-refractivity contribution in [3.8, 4) is 0 Å². The van der Waals surface area contributed by atoms with E-state index in [2.05, 4.69) is 15.1 Å². The van der Waals surface area contributed by atoms with Gasteiger partial charge in [0.25, 0.3) is 5.56 Å². The SMILES string of the molecule is [C-]#[N+]c1cnc2ccc(=O)n(CC(O)C34CCC(NC(=O)OC(C)(C)C)(CC3)CO4)c2c1. The maximum atomic E-state index is 12.6. The summed E-state index contributed by atoms with van der Waals surface area (Å²) in [4.78, 5) is 32.5. The number of amides is 1. The predicted octanol–water partition coefficient (Wildman–Crippen LogP) is 2.91. The molecular weight excluding hydrogens is 412 g/mol. The van der Waals surface area contributed by atoms with Gasteiger partial charge in [0.2, 0.25) is 5.69 Å². The highest BCUT2D eigenvalue weighted by molar-refractivity contribution is 5.78.